The first-order valence-electron chi connectivity index (χ1n) is 11.5. The Hall–Kier alpha value is -2.28. The molecule has 0 aromatic heterocycles. The Morgan fingerprint density at radius 1 is 1.16 bits per heavy atom. The molecule has 32 heavy (non-hydrogen) atoms. The van der Waals surface area contributed by atoms with Crippen LogP contribution in [0.25, 0.3) is 5.57 Å². The van der Waals surface area contributed by atoms with E-state index in [1.165, 1.54) is 13.0 Å². The fourth-order valence-corrected chi connectivity index (χ4v) is 5.05. The van der Waals surface area contributed by atoms with Gasteiger partial charge in [0.2, 0.25) is 5.91 Å². The van der Waals surface area contributed by atoms with Gasteiger partial charge >= 0.3 is 6.18 Å². The third-order valence-corrected chi connectivity index (χ3v) is 7.01. The van der Waals surface area contributed by atoms with E-state index in [2.05, 4.69) is 5.32 Å². The van der Waals surface area contributed by atoms with Gasteiger partial charge in [0.15, 0.2) is 0 Å². The lowest BCUT2D eigenvalue weighted by molar-refractivity contribution is -0.205. The van der Waals surface area contributed by atoms with Gasteiger partial charge in [0.25, 0.3) is 0 Å². The fraction of sp³-hybridized carbons (Fsp3) is 0.560. The van der Waals surface area contributed by atoms with E-state index in [9.17, 15) is 18.0 Å². The van der Waals surface area contributed by atoms with E-state index in [1.807, 2.05) is 29.2 Å². The molecule has 7 heteroatoms. The quantitative estimate of drug-likeness (QED) is 0.694. The standard InChI is InChI=1S/C25H31F3N2O2/c1-24(25(26,27)28)17-20(30-11-13-32-14-12-30)16-21(19-9-3-2-4-10-19)23(24)29-22(31)15-18-7-5-6-8-18/h2-4,9-10,16-18,23H,5-8,11-15H2,1H3,(H,29,31). The molecule has 1 N–H and O–H groups in total. The summed E-state index contributed by atoms with van der Waals surface area (Å²) in [5.74, 6) is -0.0400. The van der Waals surface area contributed by atoms with Crippen molar-refractivity contribution in [3.63, 3.8) is 0 Å². The summed E-state index contributed by atoms with van der Waals surface area (Å²) in [5.41, 5.74) is -0.512. The smallest absolute Gasteiger partial charge is 0.378 e. The van der Waals surface area contributed by atoms with Crippen LogP contribution in [0.2, 0.25) is 0 Å². The average Bonchev–Trinajstić information content (AvgIpc) is 3.28. The highest BCUT2D eigenvalue weighted by molar-refractivity contribution is 5.83. The van der Waals surface area contributed by atoms with Crippen molar-refractivity contribution >= 4 is 11.5 Å². The minimum absolute atomic E-state index is 0.263. The number of nitrogens with zero attached hydrogens (tertiary/aromatic N) is 1. The van der Waals surface area contributed by atoms with Gasteiger partial charge in [0.05, 0.1) is 19.3 Å². The number of nitrogens with one attached hydrogen (secondary N) is 1. The third kappa shape index (κ3) is 4.72. The van der Waals surface area contributed by atoms with Gasteiger partial charge in [-0.2, -0.15) is 13.2 Å². The molecule has 0 spiro atoms. The van der Waals surface area contributed by atoms with E-state index in [-0.39, 0.29) is 18.2 Å². The van der Waals surface area contributed by atoms with Crippen LogP contribution >= 0.6 is 0 Å². The molecule has 2 atom stereocenters. The highest BCUT2D eigenvalue weighted by Gasteiger charge is 2.57. The van der Waals surface area contributed by atoms with Crippen molar-refractivity contribution in [2.45, 2.75) is 51.2 Å². The highest BCUT2D eigenvalue weighted by Crippen LogP contribution is 2.49. The molecule has 3 aliphatic rings. The van der Waals surface area contributed by atoms with Gasteiger partial charge in [-0.15, -0.1) is 0 Å². The summed E-state index contributed by atoms with van der Waals surface area (Å²) in [7, 11) is 0. The molecule has 2 fully saturated rings. The monoisotopic (exact) mass is 448 g/mol. The number of rotatable bonds is 5. The lowest BCUT2D eigenvalue weighted by Gasteiger charge is -2.44. The maximum Gasteiger partial charge on any atom is 0.399 e. The summed E-state index contributed by atoms with van der Waals surface area (Å²) in [6.07, 6.45) is 2.97. The molecule has 0 radical (unpaired) electrons. The van der Waals surface area contributed by atoms with Crippen molar-refractivity contribution in [1.82, 2.24) is 10.2 Å². The number of halogens is 3. The van der Waals surface area contributed by atoms with Crippen LogP contribution in [0.4, 0.5) is 13.2 Å². The molecule has 1 saturated heterocycles. The molecule has 1 aromatic carbocycles. The Morgan fingerprint density at radius 2 is 1.81 bits per heavy atom. The van der Waals surface area contributed by atoms with Gasteiger partial charge in [0, 0.05) is 25.2 Å². The molecule has 4 rings (SSSR count). The van der Waals surface area contributed by atoms with Crippen molar-refractivity contribution in [2.75, 3.05) is 26.3 Å². The van der Waals surface area contributed by atoms with Crippen LogP contribution in [0.5, 0.6) is 0 Å². The van der Waals surface area contributed by atoms with Gasteiger partial charge in [-0.3, -0.25) is 4.79 Å². The predicted molar refractivity (Wildman–Crippen MR) is 118 cm³/mol. The number of morpholine rings is 1. The molecule has 0 bridgehead atoms. The Bertz CT molecular complexity index is 869. The average molecular weight is 449 g/mol. The van der Waals surface area contributed by atoms with E-state index < -0.39 is 17.6 Å². The Kier molecular flexibility index (Phi) is 6.65. The molecule has 1 saturated carbocycles. The largest absolute Gasteiger partial charge is 0.399 e. The van der Waals surface area contributed by atoms with E-state index >= 15 is 0 Å². The molecule has 1 amide bonds. The van der Waals surface area contributed by atoms with Crippen molar-refractivity contribution < 1.29 is 22.7 Å². The SMILES string of the molecule is CC1(C(F)(F)F)C=C(N2CCOCC2)C=C(c2ccccc2)C1NC(=O)CC1CCCC1. The fourth-order valence-electron chi connectivity index (χ4n) is 5.05. The Balaban J connectivity index is 1.72. The minimum Gasteiger partial charge on any atom is -0.378 e. The van der Waals surface area contributed by atoms with Gasteiger partial charge in [-0.25, -0.2) is 0 Å². The van der Waals surface area contributed by atoms with E-state index in [4.69, 9.17) is 4.74 Å². The molecule has 1 aliphatic heterocycles. The maximum absolute atomic E-state index is 14.6. The van der Waals surface area contributed by atoms with Crippen molar-refractivity contribution in [2.24, 2.45) is 11.3 Å². The van der Waals surface area contributed by atoms with Crippen LogP contribution in [0, 0.1) is 11.3 Å². The van der Waals surface area contributed by atoms with Crippen molar-refractivity contribution in [1.29, 1.82) is 0 Å². The molecule has 174 valence electrons. The van der Waals surface area contributed by atoms with Crippen LogP contribution in [0.1, 0.15) is 44.6 Å². The second kappa shape index (κ2) is 9.30. The molecule has 1 aromatic rings. The molecule has 2 aliphatic carbocycles. The minimum atomic E-state index is -4.54. The zero-order valence-corrected chi connectivity index (χ0v) is 18.5. The maximum atomic E-state index is 14.6. The second-order valence-corrected chi connectivity index (χ2v) is 9.27. The number of ether oxygens (including phenoxy) is 1. The Labute approximate surface area is 187 Å². The van der Waals surface area contributed by atoms with Gasteiger partial charge in [-0.1, -0.05) is 43.2 Å². The van der Waals surface area contributed by atoms with Gasteiger partial charge < -0.3 is 15.0 Å². The van der Waals surface area contributed by atoms with E-state index in [1.54, 1.807) is 12.1 Å². The molecule has 2 unspecified atom stereocenters. The van der Waals surface area contributed by atoms with Crippen LogP contribution in [0.15, 0.2) is 48.2 Å². The first-order valence-corrected chi connectivity index (χ1v) is 11.5. The summed E-state index contributed by atoms with van der Waals surface area (Å²) in [5, 5.41) is 2.80. The van der Waals surface area contributed by atoms with Crippen LogP contribution in [0.3, 0.4) is 0 Å². The lowest BCUT2D eigenvalue weighted by atomic mass is 9.71. The predicted octanol–water partition coefficient (Wildman–Crippen LogP) is 4.93. The second-order valence-electron chi connectivity index (χ2n) is 9.27. The summed E-state index contributed by atoms with van der Waals surface area (Å²) >= 11 is 0. The molecule has 1 heterocycles. The first-order chi connectivity index (χ1) is 15.3. The number of carbonyl (C=O) groups is 1. The molecule has 4 nitrogen and oxygen atoms in total. The summed E-state index contributed by atoms with van der Waals surface area (Å²) in [4.78, 5) is 14.8. The number of hydrogen-bond donors (Lipinski definition) is 1. The van der Waals surface area contributed by atoms with Gasteiger partial charge in [-0.05, 0) is 49.0 Å². The number of amides is 1. The summed E-state index contributed by atoms with van der Waals surface area (Å²) in [6.45, 7) is 3.24. The summed E-state index contributed by atoms with van der Waals surface area (Å²) in [6, 6.07) is 7.88. The van der Waals surface area contributed by atoms with Crippen molar-refractivity contribution in [3.8, 4) is 0 Å². The van der Waals surface area contributed by atoms with Crippen LogP contribution in [-0.4, -0.2) is 49.3 Å². The number of allylic oxidation sites excluding steroid dienone is 1. The van der Waals surface area contributed by atoms with E-state index in [0.29, 0.717) is 43.1 Å². The Morgan fingerprint density at radius 3 is 2.44 bits per heavy atom. The summed E-state index contributed by atoms with van der Waals surface area (Å²) < 4.78 is 49.2. The zero-order chi connectivity index (χ0) is 22.8. The number of benzene rings is 1. The number of carbonyl (C=O) groups excluding carboxylic acids is 1. The topological polar surface area (TPSA) is 41.6 Å². The van der Waals surface area contributed by atoms with Crippen LogP contribution < -0.4 is 5.32 Å². The third-order valence-electron chi connectivity index (χ3n) is 7.01. The van der Waals surface area contributed by atoms with Gasteiger partial charge in [0.1, 0.15) is 5.41 Å². The normalized spacial score (nSPS) is 27.1. The molecular formula is C25H31F3N2O2. The lowest BCUT2D eigenvalue weighted by Crippen LogP contribution is -2.55. The van der Waals surface area contributed by atoms with E-state index in [0.717, 1.165) is 25.7 Å². The zero-order valence-electron chi connectivity index (χ0n) is 18.5. The van der Waals surface area contributed by atoms with Crippen LogP contribution in [-0.2, 0) is 9.53 Å². The first kappa shape index (κ1) is 22.9. The number of hydrogen-bond acceptors (Lipinski definition) is 3. The van der Waals surface area contributed by atoms with Crippen molar-refractivity contribution in [3.05, 3.63) is 53.7 Å². The number of alkyl halides is 3. The highest BCUT2D eigenvalue weighted by atomic mass is 19.4. The molecular weight excluding hydrogens is 417 g/mol.